The lowest BCUT2D eigenvalue weighted by atomic mass is 9.86. The molecule has 3 heteroatoms. The van der Waals surface area contributed by atoms with Crippen LogP contribution >= 0.6 is 0 Å². The lowest BCUT2D eigenvalue weighted by Gasteiger charge is -2.36. The average Bonchev–Trinajstić information content (AvgIpc) is 2.01. The summed E-state index contributed by atoms with van der Waals surface area (Å²) in [5.41, 5.74) is 0. The first-order chi connectivity index (χ1) is 5.16. The number of hydrogen-bond donors (Lipinski definition) is 2. The summed E-state index contributed by atoms with van der Waals surface area (Å²) >= 11 is 0. The number of rotatable bonds is 1. The lowest BCUT2D eigenvalue weighted by molar-refractivity contribution is -0.140. The molecule has 0 aliphatic carbocycles. The minimum Gasteiger partial charge on any atom is -0.394 e. The molecular weight excluding hydrogens is 144 g/mol. The Hall–Kier alpha value is -0.120. The van der Waals surface area contributed by atoms with Crippen LogP contribution in [-0.2, 0) is 4.74 Å². The van der Waals surface area contributed by atoms with Crippen molar-refractivity contribution in [2.45, 2.75) is 26.1 Å². The summed E-state index contributed by atoms with van der Waals surface area (Å²) in [5.74, 6) is 0.605. The van der Waals surface area contributed by atoms with Crippen molar-refractivity contribution in [3.63, 3.8) is 0 Å². The van der Waals surface area contributed by atoms with Gasteiger partial charge in [0.25, 0.3) is 0 Å². The Kier molecular flexibility index (Phi) is 2.87. The van der Waals surface area contributed by atoms with Gasteiger partial charge in [-0.3, -0.25) is 0 Å². The summed E-state index contributed by atoms with van der Waals surface area (Å²) in [6, 6.07) is 0. The van der Waals surface area contributed by atoms with Gasteiger partial charge in [-0.25, -0.2) is 0 Å². The van der Waals surface area contributed by atoms with E-state index in [1.54, 1.807) is 0 Å². The van der Waals surface area contributed by atoms with E-state index in [0.29, 0.717) is 12.5 Å². The molecule has 0 aromatic heterocycles. The number of ether oxygens (including phenoxy) is 1. The molecule has 1 aliphatic heterocycles. The quantitative estimate of drug-likeness (QED) is 0.568. The fraction of sp³-hybridized carbons (Fsp3) is 1.00. The van der Waals surface area contributed by atoms with Crippen LogP contribution in [0.3, 0.4) is 0 Å². The van der Waals surface area contributed by atoms with Gasteiger partial charge in [-0.05, 0) is 11.8 Å². The molecule has 1 rings (SSSR count). The van der Waals surface area contributed by atoms with E-state index < -0.39 is 6.10 Å². The highest BCUT2D eigenvalue weighted by molar-refractivity contribution is 4.81. The smallest absolute Gasteiger partial charge is 0.107 e. The van der Waals surface area contributed by atoms with Crippen molar-refractivity contribution in [1.82, 2.24) is 0 Å². The Balaban J connectivity index is 2.52. The minimum absolute atomic E-state index is 0.0851. The van der Waals surface area contributed by atoms with Crippen LogP contribution in [0.5, 0.6) is 0 Å². The molecule has 11 heavy (non-hydrogen) atoms. The van der Waals surface area contributed by atoms with Gasteiger partial charge < -0.3 is 14.9 Å². The molecule has 0 spiro atoms. The fourth-order valence-electron chi connectivity index (χ4n) is 1.36. The number of aliphatic hydroxyl groups excluding tert-OH is 2. The molecular formula is C8H16O3. The standard InChI is InChI=1S/C8H16O3/c1-5-4-11-7(3-9)8(10)6(5)2/h5-10H,3-4H2,1-2H3. The Morgan fingerprint density at radius 3 is 2.64 bits per heavy atom. The third kappa shape index (κ3) is 1.72. The molecule has 1 saturated heterocycles. The van der Waals surface area contributed by atoms with Crippen LogP contribution in [0.25, 0.3) is 0 Å². The molecule has 0 aromatic rings. The average molecular weight is 160 g/mol. The summed E-state index contributed by atoms with van der Waals surface area (Å²) in [5, 5.41) is 18.3. The van der Waals surface area contributed by atoms with Crippen molar-refractivity contribution in [1.29, 1.82) is 0 Å². The van der Waals surface area contributed by atoms with Gasteiger partial charge in [-0.1, -0.05) is 13.8 Å². The van der Waals surface area contributed by atoms with Gasteiger partial charge >= 0.3 is 0 Å². The first-order valence-corrected chi connectivity index (χ1v) is 4.07. The van der Waals surface area contributed by atoms with E-state index in [1.165, 1.54) is 0 Å². The van der Waals surface area contributed by atoms with Crippen molar-refractivity contribution in [2.75, 3.05) is 13.2 Å². The molecule has 4 unspecified atom stereocenters. The summed E-state index contributed by atoms with van der Waals surface area (Å²) in [6.45, 7) is 4.59. The second-order valence-corrected chi connectivity index (χ2v) is 3.38. The largest absolute Gasteiger partial charge is 0.394 e. The third-order valence-corrected chi connectivity index (χ3v) is 2.57. The normalized spacial score (nSPS) is 45.8. The highest BCUT2D eigenvalue weighted by Crippen LogP contribution is 2.24. The van der Waals surface area contributed by atoms with Gasteiger partial charge in [0, 0.05) is 0 Å². The maximum Gasteiger partial charge on any atom is 0.107 e. The maximum atomic E-state index is 9.52. The van der Waals surface area contributed by atoms with Crippen LogP contribution in [0.1, 0.15) is 13.8 Å². The summed E-state index contributed by atoms with van der Waals surface area (Å²) < 4.78 is 5.22. The molecule has 4 atom stereocenters. The van der Waals surface area contributed by atoms with Crippen molar-refractivity contribution < 1.29 is 14.9 Å². The Bertz CT molecular complexity index is 125. The van der Waals surface area contributed by atoms with Crippen molar-refractivity contribution in [3.05, 3.63) is 0 Å². The van der Waals surface area contributed by atoms with Crippen LogP contribution in [-0.4, -0.2) is 35.6 Å². The first-order valence-electron chi connectivity index (χ1n) is 4.07. The van der Waals surface area contributed by atoms with Crippen LogP contribution in [0.15, 0.2) is 0 Å². The van der Waals surface area contributed by atoms with Crippen LogP contribution in [0, 0.1) is 11.8 Å². The monoisotopic (exact) mass is 160 g/mol. The van der Waals surface area contributed by atoms with Gasteiger partial charge in [0.15, 0.2) is 0 Å². The van der Waals surface area contributed by atoms with E-state index in [4.69, 9.17) is 9.84 Å². The molecule has 1 heterocycles. The highest BCUT2D eigenvalue weighted by atomic mass is 16.5. The molecule has 0 amide bonds. The SMILES string of the molecule is CC1COC(CO)C(O)C1C. The first kappa shape index (κ1) is 8.97. The summed E-state index contributed by atoms with van der Waals surface area (Å²) in [7, 11) is 0. The zero-order chi connectivity index (χ0) is 8.43. The molecule has 0 aromatic carbocycles. The molecule has 0 bridgehead atoms. The molecule has 3 nitrogen and oxygen atoms in total. The van der Waals surface area contributed by atoms with E-state index in [2.05, 4.69) is 0 Å². The fourth-order valence-corrected chi connectivity index (χ4v) is 1.36. The van der Waals surface area contributed by atoms with Crippen LogP contribution < -0.4 is 0 Å². The molecule has 1 fully saturated rings. The molecule has 2 N–H and O–H groups in total. The van der Waals surface area contributed by atoms with Gasteiger partial charge in [0.05, 0.1) is 19.3 Å². The van der Waals surface area contributed by atoms with E-state index in [0.717, 1.165) is 0 Å². The van der Waals surface area contributed by atoms with Crippen molar-refractivity contribution >= 4 is 0 Å². The molecule has 0 saturated carbocycles. The van der Waals surface area contributed by atoms with E-state index in [9.17, 15) is 5.11 Å². The van der Waals surface area contributed by atoms with E-state index >= 15 is 0 Å². The van der Waals surface area contributed by atoms with Crippen LogP contribution in [0.4, 0.5) is 0 Å². The second kappa shape index (κ2) is 3.52. The van der Waals surface area contributed by atoms with Crippen LogP contribution in [0.2, 0.25) is 0 Å². The maximum absolute atomic E-state index is 9.52. The second-order valence-electron chi connectivity index (χ2n) is 3.38. The van der Waals surface area contributed by atoms with Gasteiger partial charge in [0.1, 0.15) is 6.10 Å². The zero-order valence-corrected chi connectivity index (χ0v) is 7.03. The zero-order valence-electron chi connectivity index (χ0n) is 7.03. The highest BCUT2D eigenvalue weighted by Gasteiger charge is 2.33. The van der Waals surface area contributed by atoms with E-state index in [-0.39, 0.29) is 18.6 Å². The van der Waals surface area contributed by atoms with Gasteiger partial charge in [-0.15, -0.1) is 0 Å². The predicted molar refractivity (Wildman–Crippen MR) is 41.2 cm³/mol. The predicted octanol–water partition coefficient (Wildman–Crippen LogP) is 0.0106. The third-order valence-electron chi connectivity index (χ3n) is 2.57. The Labute approximate surface area is 67.0 Å². The lowest BCUT2D eigenvalue weighted by Crippen LogP contribution is -2.45. The van der Waals surface area contributed by atoms with Gasteiger partial charge in [-0.2, -0.15) is 0 Å². The number of aliphatic hydroxyl groups is 2. The topological polar surface area (TPSA) is 49.7 Å². The summed E-state index contributed by atoms with van der Waals surface area (Å²) in [6.07, 6.45) is -0.884. The number of hydrogen-bond acceptors (Lipinski definition) is 3. The molecule has 1 aliphatic rings. The van der Waals surface area contributed by atoms with E-state index in [1.807, 2.05) is 13.8 Å². The van der Waals surface area contributed by atoms with Crippen molar-refractivity contribution in [2.24, 2.45) is 11.8 Å². The Morgan fingerprint density at radius 2 is 2.09 bits per heavy atom. The molecule has 66 valence electrons. The summed E-state index contributed by atoms with van der Waals surface area (Å²) in [4.78, 5) is 0. The molecule has 0 radical (unpaired) electrons. The van der Waals surface area contributed by atoms with Gasteiger partial charge in [0.2, 0.25) is 0 Å². The Morgan fingerprint density at radius 1 is 1.45 bits per heavy atom. The minimum atomic E-state index is -0.510. The van der Waals surface area contributed by atoms with Crippen molar-refractivity contribution in [3.8, 4) is 0 Å².